The molecule has 0 aliphatic heterocycles. The van der Waals surface area contributed by atoms with Gasteiger partial charge in [0.2, 0.25) is 0 Å². The minimum atomic E-state index is -5.35. The Morgan fingerprint density at radius 2 is 1.14 bits per heavy atom. The number of hydrogen-bond donors (Lipinski definition) is 3. The van der Waals surface area contributed by atoms with Gasteiger partial charge in [0.15, 0.2) is 0 Å². The van der Waals surface area contributed by atoms with Gasteiger partial charge >= 0.3 is 96.8 Å². The summed E-state index contributed by atoms with van der Waals surface area (Å²) in [4.78, 5) is 0. The molecule has 0 amide bonds. The fourth-order valence-corrected chi connectivity index (χ4v) is 0. The summed E-state index contributed by atoms with van der Waals surface area (Å²) >= 11 is -5.35. The third-order valence-corrected chi connectivity index (χ3v) is 0. The molecule has 0 bridgehead atoms. The average Bonchev–Trinajstić information content (AvgIpc) is 0.722. The van der Waals surface area contributed by atoms with Crippen molar-refractivity contribution in [3.8, 4) is 0 Å². The topological polar surface area (TPSA) is 77.8 Å². The van der Waals surface area contributed by atoms with Crippen LogP contribution in [0.5, 0.6) is 0 Å². The van der Waals surface area contributed by atoms with Crippen molar-refractivity contribution in [2.24, 2.45) is 0 Å². The molecule has 0 saturated carbocycles. The fourth-order valence-electron chi connectivity index (χ4n) is 0. The van der Waals surface area contributed by atoms with Gasteiger partial charge in [-0.25, -0.2) is 0 Å². The van der Waals surface area contributed by atoms with E-state index in [2.05, 4.69) is 0 Å². The van der Waals surface area contributed by atoms with Crippen LogP contribution in [0, 0.1) is 0 Å². The van der Waals surface area contributed by atoms with Crippen LogP contribution < -0.4 is 0 Å². The molecular formula is H8CaInO4Sb. The molecular weight excluding hydrogens is 341 g/mol. The monoisotopic (exact) mass is 348 g/mol. The molecule has 0 unspecified atom stereocenters. The van der Waals surface area contributed by atoms with E-state index in [1.165, 1.54) is 0 Å². The molecule has 7 heteroatoms. The van der Waals surface area contributed by atoms with E-state index in [1.54, 1.807) is 0 Å². The summed E-state index contributed by atoms with van der Waals surface area (Å²) in [5, 5.41) is 0. The van der Waals surface area contributed by atoms with Crippen LogP contribution in [-0.4, -0.2) is 93.8 Å². The van der Waals surface area contributed by atoms with E-state index in [9.17, 15) is 0 Å². The molecule has 7 heavy (non-hydrogen) atoms. The van der Waals surface area contributed by atoms with Gasteiger partial charge in [0.25, 0.3) is 0 Å². The Labute approximate surface area is 94.8 Å². The molecule has 0 aromatic rings. The molecule has 0 fully saturated rings. The number of rotatable bonds is 0. The third kappa shape index (κ3) is 54.9. The summed E-state index contributed by atoms with van der Waals surface area (Å²) in [7, 11) is 0. The van der Waals surface area contributed by atoms with E-state index < -0.39 is 20.1 Å². The zero-order valence-corrected chi connectivity index (χ0v) is 4.75. The minimum absolute atomic E-state index is 0. The average molecular weight is 349 g/mol. The maximum absolute atomic E-state index is 8.97. The molecule has 0 heterocycles. The fraction of sp³-hybridized carbons (Fsp3) is 0. The van der Waals surface area contributed by atoms with Crippen molar-refractivity contribution >= 4 is 83.6 Å². The first kappa shape index (κ1) is 16.3. The molecule has 0 aliphatic rings. The summed E-state index contributed by atoms with van der Waals surface area (Å²) in [6.07, 6.45) is 0. The van der Waals surface area contributed by atoms with E-state index in [1.807, 2.05) is 0 Å². The second-order valence-corrected chi connectivity index (χ2v) is 3.44. The molecule has 4 nitrogen and oxygen atoms in total. The van der Waals surface area contributed by atoms with Gasteiger partial charge in [0, 0.05) is 0 Å². The second-order valence-electron chi connectivity index (χ2n) is 0.513. The Kier molecular flexibility index (Phi) is 15.7. The Morgan fingerprint density at radius 3 is 1.14 bits per heavy atom. The molecule has 0 rings (SSSR count). The van der Waals surface area contributed by atoms with Crippen molar-refractivity contribution < 1.29 is 13.2 Å². The Bertz CT molecular complexity index is 57.8. The van der Waals surface area contributed by atoms with Gasteiger partial charge in [0.1, 0.15) is 0 Å². The SMILES string of the molecule is [CaH2].[InH3].[O]=[Sb]([OH])([OH])[OH]. The van der Waals surface area contributed by atoms with E-state index in [0.717, 1.165) is 0 Å². The second kappa shape index (κ2) is 6.74. The van der Waals surface area contributed by atoms with Gasteiger partial charge in [0.05, 0.1) is 0 Å². The first-order valence-corrected chi connectivity index (χ1v) is 5.25. The zero-order valence-electron chi connectivity index (χ0n) is 2.20. The first-order chi connectivity index (χ1) is 2.00. The van der Waals surface area contributed by atoms with Crippen molar-refractivity contribution in [3.63, 3.8) is 0 Å². The van der Waals surface area contributed by atoms with Crippen LogP contribution in [0.25, 0.3) is 0 Å². The van der Waals surface area contributed by atoms with Gasteiger partial charge in [-0.15, -0.1) is 0 Å². The molecule has 0 saturated heterocycles. The van der Waals surface area contributed by atoms with Crippen molar-refractivity contribution in [2.45, 2.75) is 0 Å². The van der Waals surface area contributed by atoms with Gasteiger partial charge in [-0.1, -0.05) is 0 Å². The summed E-state index contributed by atoms with van der Waals surface area (Å²) in [5.74, 6) is 0. The zero-order chi connectivity index (χ0) is 4.50. The van der Waals surface area contributed by atoms with Crippen LogP contribution in [-0.2, 0) is 3.02 Å². The molecule has 42 valence electrons. The quantitative estimate of drug-likeness (QED) is 0.387. The molecule has 3 N–H and O–H groups in total. The normalized spacial score (nSPS) is 8.43. The summed E-state index contributed by atoms with van der Waals surface area (Å²) in [6.45, 7) is 0. The predicted molar refractivity (Wildman–Crippen MR) is 31.6 cm³/mol. The Balaban J connectivity index is -0.0000000800. The molecule has 0 aromatic heterocycles. The molecule has 0 atom stereocenters. The number of hydrogen-bond acceptors (Lipinski definition) is 1. The Hall–Kier alpha value is 2.63. The summed E-state index contributed by atoms with van der Waals surface area (Å²) in [6, 6.07) is 0. The van der Waals surface area contributed by atoms with E-state index in [0.29, 0.717) is 0 Å². The van der Waals surface area contributed by atoms with Crippen LogP contribution in [0.1, 0.15) is 0 Å². The van der Waals surface area contributed by atoms with E-state index >= 15 is 0 Å². The third-order valence-electron chi connectivity index (χ3n) is 0. The van der Waals surface area contributed by atoms with Crippen LogP contribution in [0.2, 0.25) is 0 Å². The summed E-state index contributed by atoms with van der Waals surface area (Å²) < 4.78 is 30.8. The van der Waals surface area contributed by atoms with Gasteiger partial charge in [-0.2, -0.15) is 0 Å². The maximum atomic E-state index is 8.97. The molecule has 0 radical (unpaired) electrons. The van der Waals surface area contributed by atoms with Crippen molar-refractivity contribution in [1.82, 2.24) is 0 Å². The van der Waals surface area contributed by atoms with E-state index in [4.69, 9.17) is 13.2 Å². The molecule has 0 spiro atoms. The molecule has 0 aliphatic carbocycles. The van der Waals surface area contributed by atoms with Crippen molar-refractivity contribution in [3.05, 3.63) is 0 Å². The van der Waals surface area contributed by atoms with Crippen LogP contribution in [0.4, 0.5) is 0 Å². The van der Waals surface area contributed by atoms with Crippen LogP contribution >= 0.6 is 0 Å². The molecule has 0 aromatic carbocycles. The first-order valence-electron chi connectivity index (χ1n) is 0.783. The standard InChI is InChI=1S/Ca.In.3H2O.O.Sb.5H/h;;3*1H2;;;;;;;/q;;;;;;+3;;;;;/p-3. The predicted octanol–water partition coefficient (Wildman–Crippen LogP) is -4.27. The van der Waals surface area contributed by atoms with Gasteiger partial charge in [-0.3, -0.25) is 0 Å². The van der Waals surface area contributed by atoms with Gasteiger partial charge in [-0.05, 0) is 0 Å². The van der Waals surface area contributed by atoms with Crippen molar-refractivity contribution in [2.75, 3.05) is 0 Å². The Morgan fingerprint density at radius 1 is 1.14 bits per heavy atom. The van der Waals surface area contributed by atoms with E-state index in [-0.39, 0.29) is 63.6 Å². The summed E-state index contributed by atoms with van der Waals surface area (Å²) in [5.41, 5.74) is 0. The van der Waals surface area contributed by atoms with Crippen LogP contribution in [0.3, 0.4) is 0 Å². The van der Waals surface area contributed by atoms with Crippen molar-refractivity contribution in [1.29, 1.82) is 0 Å². The van der Waals surface area contributed by atoms with Gasteiger partial charge < -0.3 is 0 Å². The van der Waals surface area contributed by atoms with Crippen LogP contribution in [0.15, 0.2) is 0 Å².